The van der Waals surface area contributed by atoms with E-state index in [2.05, 4.69) is 5.32 Å². The van der Waals surface area contributed by atoms with Gasteiger partial charge in [0.15, 0.2) is 0 Å². The Hall–Kier alpha value is -2.11. The standard InChI is InChI=1S/C14H10ClNO3S/c15-9-1-3-10(4-2-9)16-14(19)12-7-5-11(20-12)6-8-13(17)18/h1-8H,(H,16,19)(H,17,18). The number of anilines is 1. The van der Waals surface area contributed by atoms with E-state index in [4.69, 9.17) is 16.7 Å². The number of hydrogen-bond acceptors (Lipinski definition) is 3. The second kappa shape index (κ2) is 6.36. The number of carbonyl (C=O) groups excluding carboxylic acids is 1. The van der Waals surface area contributed by atoms with E-state index < -0.39 is 5.97 Å². The third-order valence-corrected chi connectivity index (χ3v) is 3.64. The van der Waals surface area contributed by atoms with E-state index in [0.29, 0.717) is 20.5 Å². The summed E-state index contributed by atoms with van der Waals surface area (Å²) in [5, 5.41) is 11.9. The van der Waals surface area contributed by atoms with Crippen molar-refractivity contribution in [2.75, 3.05) is 5.32 Å². The van der Waals surface area contributed by atoms with Crippen molar-refractivity contribution >= 4 is 46.6 Å². The van der Waals surface area contributed by atoms with Crippen molar-refractivity contribution < 1.29 is 14.7 Å². The van der Waals surface area contributed by atoms with Gasteiger partial charge in [0, 0.05) is 21.7 Å². The molecule has 0 bridgehead atoms. The van der Waals surface area contributed by atoms with E-state index in [1.807, 2.05) is 0 Å². The third-order valence-electron chi connectivity index (χ3n) is 2.34. The predicted molar refractivity (Wildman–Crippen MR) is 80.4 cm³/mol. The summed E-state index contributed by atoms with van der Waals surface area (Å²) < 4.78 is 0. The summed E-state index contributed by atoms with van der Waals surface area (Å²) in [5.74, 6) is -1.27. The van der Waals surface area contributed by atoms with Crippen molar-refractivity contribution in [2.45, 2.75) is 0 Å². The van der Waals surface area contributed by atoms with Gasteiger partial charge in [-0.05, 0) is 42.5 Å². The number of rotatable bonds is 4. The summed E-state index contributed by atoms with van der Waals surface area (Å²) in [6, 6.07) is 10.1. The molecule has 1 aromatic carbocycles. The number of benzene rings is 1. The van der Waals surface area contributed by atoms with Gasteiger partial charge >= 0.3 is 5.97 Å². The number of hydrogen-bond donors (Lipinski definition) is 2. The molecule has 0 atom stereocenters. The average molecular weight is 308 g/mol. The molecule has 0 aliphatic carbocycles. The molecule has 2 rings (SSSR count). The Morgan fingerprint density at radius 3 is 2.50 bits per heavy atom. The number of amides is 1. The highest BCUT2D eigenvalue weighted by Gasteiger charge is 2.08. The molecule has 0 radical (unpaired) electrons. The summed E-state index contributed by atoms with van der Waals surface area (Å²) in [7, 11) is 0. The molecule has 0 spiro atoms. The van der Waals surface area contributed by atoms with Crippen LogP contribution in [0.15, 0.2) is 42.5 Å². The van der Waals surface area contributed by atoms with Gasteiger partial charge in [-0.1, -0.05) is 11.6 Å². The zero-order valence-electron chi connectivity index (χ0n) is 10.2. The minimum Gasteiger partial charge on any atom is -0.478 e. The van der Waals surface area contributed by atoms with Crippen LogP contribution >= 0.6 is 22.9 Å². The lowest BCUT2D eigenvalue weighted by atomic mass is 10.3. The normalized spacial score (nSPS) is 10.7. The molecule has 0 aliphatic heterocycles. The molecular weight excluding hydrogens is 298 g/mol. The minimum atomic E-state index is -1.02. The Bertz CT molecular complexity index is 661. The molecule has 0 saturated carbocycles. The maximum Gasteiger partial charge on any atom is 0.328 e. The molecule has 0 unspecified atom stereocenters. The lowest BCUT2D eigenvalue weighted by molar-refractivity contribution is -0.131. The van der Waals surface area contributed by atoms with Gasteiger partial charge in [-0.25, -0.2) is 4.79 Å². The molecular formula is C14H10ClNO3S. The van der Waals surface area contributed by atoms with E-state index in [1.165, 1.54) is 17.4 Å². The van der Waals surface area contributed by atoms with E-state index >= 15 is 0 Å². The zero-order chi connectivity index (χ0) is 14.5. The number of nitrogens with one attached hydrogen (secondary N) is 1. The van der Waals surface area contributed by atoms with Crippen molar-refractivity contribution in [2.24, 2.45) is 0 Å². The summed E-state index contributed by atoms with van der Waals surface area (Å²) >= 11 is 6.98. The second-order valence-corrected chi connectivity index (χ2v) is 5.39. The Labute approximate surface area is 124 Å². The highest BCUT2D eigenvalue weighted by atomic mass is 35.5. The van der Waals surface area contributed by atoms with Crippen molar-refractivity contribution in [1.82, 2.24) is 0 Å². The molecule has 4 nitrogen and oxygen atoms in total. The van der Waals surface area contributed by atoms with Crippen molar-refractivity contribution in [3.63, 3.8) is 0 Å². The molecule has 2 aromatic rings. The van der Waals surface area contributed by atoms with Gasteiger partial charge in [-0.15, -0.1) is 11.3 Å². The number of carboxylic acid groups (broad SMARTS) is 1. The van der Waals surface area contributed by atoms with E-state index in [-0.39, 0.29) is 5.91 Å². The van der Waals surface area contributed by atoms with Crippen LogP contribution in [0.5, 0.6) is 0 Å². The number of halogens is 1. The maximum absolute atomic E-state index is 12.0. The van der Waals surface area contributed by atoms with Crippen LogP contribution in [0.25, 0.3) is 6.08 Å². The van der Waals surface area contributed by atoms with Crippen LogP contribution in [0.3, 0.4) is 0 Å². The van der Waals surface area contributed by atoms with Gasteiger partial charge in [0.05, 0.1) is 4.88 Å². The Morgan fingerprint density at radius 1 is 1.15 bits per heavy atom. The fraction of sp³-hybridized carbons (Fsp3) is 0. The van der Waals surface area contributed by atoms with Crippen LogP contribution in [-0.2, 0) is 4.79 Å². The fourth-order valence-electron chi connectivity index (χ4n) is 1.44. The van der Waals surface area contributed by atoms with Crippen LogP contribution in [-0.4, -0.2) is 17.0 Å². The van der Waals surface area contributed by atoms with Crippen LogP contribution < -0.4 is 5.32 Å². The van der Waals surface area contributed by atoms with Gasteiger partial charge in [-0.3, -0.25) is 4.79 Å². The molecule has 1 heterocycles. The van der Waals surface area contributed by atoms with Crippen LogP contribution in [0.4, 0.5) is 5.69 Å². The van der Waals surface area contributed by atoms with Crippen molar-refractivity contribution in [1.29, 1.82) is 0 Å². The highest BCUT2D eigenvalue weighted by Crippen LogP contribution is 2.20. The van der Waals surface area contributed by atoms with Gasteiger partial charge in [0.25, 0.3) is 5.91 Å². The van der Waals surface area contributed by atoms with Gasteiger partial charge in [0.1, 0.15) is 0 Å². The summed E-state index contributed by atoms with van der Waals surface area (Å²) in [5.41, 5.74) is 0.649. The molecule has 20 heavy (non-hydrogen) atoms. The number of carboxylic acids is 1. The monoisotopic (exact) mass is 307 g/mol. The first-order chi connectivity index (χ1) is 9.54. The van der Waals surface area contributed by atoms with E-state index in [9.17, 15) is 9.59 Å². The number of thiophene rings is 1. The predicted octanol–water partition coefficient (Wildman–Crippen LogP) is 3.75. The quantitative estimate of drug-likeness (QED) is 0.845. The van der Waals surface area contributed by atoms with Crippen LogP contribution in [0.1, 0.15) is 14.5 Å². The molecule has 1 amide bonds. The molecule has 0 saturated heterocycles. The Balaban J connectivity index is 2.06. The minimum absolute atomic E-state index is 0.243. The van der Waals surface area contributed by atoms with E-state index in [0.717, 1.165) is 6.08 Å². The smallest absolute Gasteiger partial charge is 0.328 e. The number of aliphatic carboxylic acids is 1. The molecule has 0 fully saturated rings. The van der Waals surface area contributed by atoms with Gasteiger partial charge < -0.3 is 10.4 Å². The van der Waals surface area contributed by atoms with E-state index in [1.54, 1.807) is 36.4 Å². The van der Waals surface area contributed by atoms with Gasteiger partial charge in [-0.2, -0.15) is 0 Å². The lowest BCUT2D eigenvalue weighted by Gasteiger charge is -2.02. The lowest BCUT2D eigenvalue weighted by Crippen LogP contribution is -2.09. The second-order valence-electron chi connectivity index (χ2n) is 3.83. The van der Waals surface area contributed by atoms with Crippen molar-refractivity contribution in [3.8, 4) is 0 Å². The molecule has 2 N–H and O–H groups in total. The first kappa shape index (κ1) is 14.3. The molecule has 6 heteroatoms. The van der Waals surface area contributed by atoms with Crippen molar-refractivity contribution in [3.05, 3.63) is 57.3 Å². The molecule has 1 aromatic heterocycles. The zero-order valence-corrected chi connectivity index (χ0v) is 11.7. The third kappa shape index (κ3) is 3.94. The first-order valence-electron chi connectivity index (χ1n) is 5.62. The number of carbonyl (C=O) groups is 2. The van der Waals surface area contributed by atoms with Crippen LogP contribution in [0.2, 0.25) is 5.02 Å². The topological polar surface area (TPSA) is 66.4 Å². The summed E-state index contributed by atoms with van der Waals surface area (Å²) in [4.78, 5) is 23.6. The molecule has 0 aliphatic rings. The van der Waals surface area contributed by atoms with Crippen LogP contribution in [0, 0.1) is 0 Å². The SMILES string of the molecule is O=C(O)C=Cc1ccc(C(=O)Nc2ccc(Cl)cc2)s1. The largest absolute Gasteiger partial charge is 0.478 e. The average Bonchev–Trinajstić information content (AvgIpc) is 2.88. The molecule has 102 valence electrons. The maximum atomic E-state index is 12.0. The Kier molecular flexibility index (Phi) is 4.55. The summed E-state index contributed by atoms with van der Waals surface area (Å²) in [6.07, 6.45) is 2.48. The highest BCUT2D eigenvalue weighted by molar-refractivity contribution is 7.15. The Morgan fingerprint density at radius 2 is 1.85 bits per heavy atom. The fourth-order valence-corrected chi connectivity index (χ4v) is 2.38. The van der Waals surface area contributed by atoms with Gasteiger partial charge in [0.2, 0.25) is 0 Å². The first-order valence-corrected chi connectivity index (χ1v) is 6.82. The summed E-state index contributed by atoms with van der Waals surface area (Å²) in [6.45, 7) is 0.